The summed E-state index contributed by atoms with van der Waals surface area (Å²) in [7, 11) is 0. The van der Waals surface area contributed by atoms with Crippen LogP contribution in [0.5, 0.6) is 0 Å². The van der Waals surface area contributed by atoms with Crippen LogP contribution in [0.4, 0.5) is 4.79 Å². The van der Waals surface area contributed by atoms with Crippen LogP contribution >= 0.6 is 0 Å². The maximum absolute atomic E-state index is 12.3. The van der Waals surface area contributed by atoms with Crippen LogP contribution in [0.25, 0.3) is 0 Å². The quantitative estimate of drug-likeness (QED) is 0.738. The van der Waals surface area contributed by atoms with Gasteiger partial charge in [0.15, 0.2) is 0 Å². The molecular formula is C12H19N3O3. The maximum Gasteiger partial charge on any atom is 0.344 e. The first-order valence-corrected chi connectivity index (χ1v) is 6.55. The van der Waals surface area contributed by atoms with Crippen LogP contribution in [0.2, 0.25) is 0 Å². The van der Waals surface area contributed by atoms with Gasteiger partial charge in [-0.15, -0.1) is 0 Å². The standard InChI is InChI=1S/C12H19N3O3/c1-2-6-9(16)14-15-10(17)12(13-11(15)18)7-4-3-5-8-12/h2-8H2,1H3,(H,13,18)(H,14,16). The molecule has 0 bridgehead atoms. The van der Waals surface area contributed by atoms with Gasteiger partial charge in [0.2, 0.25) is 5.91 Å². The van der Waals surface area contributed by atoms with Crippen molar-refractivity contribution >= 4 is 17.8 Å². The van der Waals surface area contributed by atoms with Gasteiger partial charge < -0.3 is 5.32 Å². The zero-order valence-electron chi connectivity index (χ0n) is 10.6. The fourth-order valence-electron chi connectivity index (χ4n) is 2.62. The Morgan fingerprint density at radius 1 is 1.33 bits per heavy atom. The summed E-state index contributed by atoms with van der Waals surface area (Å²) in [5, 5.41) is 3.59. The van der Waals surface area contributed by atoms with Gasteiger partial charge in [0, 0.05) is 6.42 Å². The minimum Gasteiger partial charge on any atom is -0.322 e. The van der Waals surface area contributed by atoms with Crippen molar-refractivity contribution in [2.45, 2.75) is 57.4 Å². The monoisotopic (exact) mass is 253 g/mol. The number of hydrazine groups is 1. The Labute approximate surface area is 106 Å². The van der Waals surface area contributed by atoms with E-state index in [0.29, 0.717) is 25.7 Å². The van der Waals surface area contributed by atoms with E-state index in [2.05, 4.69) is 10.7 Å². The molecule has 1 saturated heterocycles. The van der Waals surface area contributed by atoms with E-state index < -0.39 is 11.6 Å². The number of carbonyl (C=O) groups excluding carboxylic acids is 3. The third-order valence-corrected chi connectivity index (χ3v) is 3.58. The van der Waals surface area contributed by atoms with Crippen molar-refractivity contribution in [2.75, 3.05) is 0 Å². The molecule has 0 unspecified atom stereocenters. The van der Waals surface area contributed by atoms with Crippen molar-refractivity contribution in [3.63, 3.8) is 0 Å². The highest BCUT2D eigenvalue weighted by Gasteiger charge is 2.52. The molecular weight excluding hydrogens is 234 g/mol. The van der Waals surface area contributed by atoms with Crippen molar-refractivity contribution in [3.05, 3.63) is 0 Å². The molecule has 6 nitrogen and oxygen atoms in total. The molecule has 0 aromatic rings. The summed E-state index contributed by atoms with van der Waals surface area (Å²) >= 11 is 0. The number of carbonyl (C=O) groups is 3. The number of nitrogens with one attached hydrogen (secondary N) is 2. The van der Waals surface area contributed by atoms with Gasteiger partial charge in [-0.3, -0.25) is 15.0 Å². The Hall–Kier alpha value is -1.59. The minimum atomic E-state index is -0.769. The molecule has 1 saturated carbocycles. The van der Waals surface area contributed by atoms with Crippen LogP contribution < -0.4 is 10.7 Å². The predicted octanol–water partition coefficient (Wildman–Crippen LogP) is 1.07. The van der Waals surface area contributed by atoms with Crippen LogP contribution in [0, 0.1) is 0 Å². The molecule has 2 rings (SSSR count). The Balaban J connectivity index is 2.07. The zero-order valence-corrected chi connectivity index (χ0v) is 10.6. The van der Waals surface area contributed by atoms with Crippen molar-refractivity contribution in [2.24, 2.45) is 0 Å². The summed E-state index contributed by atoms with van der Waals surface area (Å²) in [4.78, 5) is 35.5. The average Bonchev–Trinajstić information content (AvgIpc) is 2.55. The number of amides is 4. The lowest BCUT2D eigenvalue weighted by Crippen LogP contribution is -2.50. The van der Waals surface area contributed by atoms with Gasteiger partial charge in [-0.25, -0.2) is 4.79 Å². The highest BCUT2D eigenvalue weighted by molar-refractivity contribution is 6.07. The molecule has 18 heavy (non-hydrogen) atoms. The van der Waals surface area contributed by atoms with Crippen molar-refractivity contribution < 1.29 is 14.4 Å². The van der Waals surface area contributed by atoms with E-state index in [1.807, 2.05) is 6.92 Å². The van der Waals surface area contributed by atoms with Crippen molar-refractivity contribution in [1.82, 2.24) is 15.8 Å². The minimum absolute atomic E-state index is 0.297. The largest absolute Gasteiger partial charge is 0.344 e. The smallest absolute Gasteiger partial charge is 0.322 e. The normalized spacial score (nSPS) is 22.2. The third kappa shape index (κ3) is 2.19. The average molecular weight is 253 g/mol. The van der Waals surface area contributed by atoms with Crippen molar-refractivity contribution in [3.8, 4) is 0 Å². The van der Waals surface area contributed by atoms with Gasteiger partial charge in [-0.1, -0.05) is 26.2 Å². The number of rotatable bonds is 3. The molecule has 0 atom stereocenters. The summed E-state index contributed by atoms with van der Waals surface area (Å²) in [6.45, 7) is 1.87. The highest BCUT2D eigenvalue weighted by atomic mass is 16.2. The Bertz CT molecular complexity index is 375. The SMILES string of the molecule is CCCC(=O)NN1C(=O)NC2(CCCCC2)C1=O. The molecule has 0 radical (unpaired) electrons. The molecule has 4 amide bonds. The second-order valence-corrected chi connectivity index (χ2v) is 5.00. The molecule has 2 aliphatic rings. The van der Waals surface area contributed by atoms with Gasteiger partial charge in [0.1, 0.15) is 5.54 Å². The topological polar surface area (TPSA) is 78.5 Å². The second-order valence-electron chi connectivity index (χ2n) is 5.00. The van der Waals surface area contributed by atoms with E-state index in [4.69, 9.17) is 0 Å². The number of nitrogens with zero attached hydrogens (tertiary/aromatic N) is 1. The van der Waals surface area contributed by atoms with Gasteiger partial charge in [-0.2, -0.15) is 5.01 Å². The highest BCUT2D eigenvalue weighted by Crippen LogP contribution is 2.32. The Morgan fingerprint density at radius 2 is 2.00 bits per heavy atom. The van der Waals surface area contributed by atoms with E-state index in [0.717, 1.165) is 24.3 Å². The number of hydrogen-bond acceptors (Lipinski definition) is 3. The Kier molecular flexibility index (Phi) is 3.54. The summed E-state index contributed by atoms with van der Waals surface area (Å²) in [5.74, 6) is -0.606. The van der Waals surface area contributed by atoms with E-state index in [1.165, 1.54) is 0 Å². The first-order valence-electron chi connectivity index (χ1n) is 6.55. The molecule has 1 heterocycles. The van der Waals surface area contributed by atoms with Crippen molar-refractivity contribution in [1.29, 1.82) is 0 Å². The van der Waals surface area contributed by atoms with Crippen LogP contribution in [-0.2, 0) is 9.59 Å². The molecule has 2 fully saturated rings. The van der Waals surface area contributed by atoms with Crippen LogP contribution in [-0.4, -0.2) is 28.4 Å². The lowest BCUT2D eigenvalue weighted by molar-refractivity contribution is -0.139. The van der Waals surface area contributed by atoms with Gasteiger partial charge in [0.25, 0.3) is 5.91 Å². The van der Waals surface area contributed by atoms with E-state index in [-0.39, 0.29) is 11.8 Å². The van der Waals surface area contributed by atoms with Gasteiger partial charge in [-0.05, 0) is 19.3 Å². The van der Waals surface area contributed by atoms with E-state index in [1.54, 1.807) is 0 Å². The fourth-order valence-corrected chi connectivity index (χ4v) is 2.62. The summed E-state index contributed by atoms with van der Waals surface area (Å²) < 4.78 is 0. The van der Waals surface area contributed by atoms with Gasteiger partial charge in [0.05, 0.1) is 0 Å². The predicted molar refractivity (Wildman–Crippen MR) is 64.2 cm³/mol. The molecule has 6 heteroatoms. The number of urea groups is 1. The van der Waals surface area contributed by atoms with Gasteiger partial charge >= 0.3 is 6.03 Å². The summed E-state index contributed by atoms with van der Waals surface area (Å²) in [6.07, 6.45) is 5.28. The first-order chi connectivity index (χ1) is 8.59. The number of imide groups is 1. The molecule has 1 aliphatic carbocycles. The summed E-state index contributed by atoms with van der Waals surface area (Å²) in [5.41, 5.74) is 1.61. The second kappa shape index (κ2) is 4.96. The maximum atomic E-state index is 12.3. The molecule has 2 N–H and O–H groups in total. The molecule has 1 aliphatic heterocycles. The summed E-state index contributed by atoms with van der Waals surface area (Å²) in [6, 6.07) is -0.508. The van der Waals surface area contributed by atoms with Crippen LogP contribution in [0.15, 0.2) is 0 Å². The van der Waals surface area contributed by atoms with E-state index in [9.17, 15) is 14.4 Å². The fraction of sp³-hybridized carbons (Fsp3) is 0.750. The Morgan fingerprint density at radius 3 is 2.61 bits per heavy atom. The third-order valence-electron chi connectivity index (χ3n) is 3.58. The zero-order chi connectivity index (χ0) is 13.2. The number of hydrogen-bond donors (Lipinski definition) is 2. The van der Waals surface area contributed by atoms with E-state index >= 15 is 0 Å². The molecule has 1 spiro atoms. The molecule has 0 aromatic carbocycles. The van der Waals surface area contributed by atoms with Crippen LogP contribution in [0.3, 0.4) is 0 Å². The molecule has 100 valence electrons. The lowest BCUT2D eigenvalue weighted by atomic mass is 9.82. The lowest BCUT2D eigenvalue weighted by Gasteiger charge is -2.30. The first kappa shape index (κ1) is 12.9. The molecule has 0 aromatic heterocycles. The van der Waals surface area contributed by atoms with Crippen LogP contribution in [0.1, 0.15) is 51.9 Å².